The van der Waals surface area contributed by atoms with E-state index in [0.29, 0.717) is 18.5 Å². The Morgan fingerprint density at radius 1 is 1.29 bits per heavy atom. The smallest absolute Gasteiger partial charge is 0.251 e. The van der Waals surface area contributed by atoms with Gasteiger partial charge in [-0.2, -0.15) is 0 Å². The van der Waals surface area contributed by atoms with Crippen LogP contribution in [0.2, 0.25) is 5.02 Å². The minimum atomic E-state index is -1.89. The minimum Gasteiger partial charge on any atom is -0.484 e. The molecule has 1 aromatic rings. The zero-order chi connectivity index (χ0) is 27.9. The van der Waals surface area contributed by atoms with E-state index in [1.165, 1.54) is 32.2 Å². The van der Waals surface area contributed by atoms with Gasteiger partial charge in [-0.05, 0) is 26.5 Å². The molecule has 3 unspecified atom stereocenters. The van der Waals surface area contributed by atoms with Gasteiger partial charge in [0.05, 0.1) is 18.2 Å². The summed E-state index contributed by atoms with van der Waals surface area (Å²) in [6.45, 7) is 5.55. The van der Waals surface area contributed by atoms with Gasteiger partial charge in [0, 0.05) is 53.3 Å². The Balaban J connectivity index is 1.99. The van der Waals surface area contributed by atoms with Crippen LogP contribution in [0.3, 0.4) is 0 Å². The lowest BCUT2D eigenvalue weighted by Gasteiger charge is -2.47. The van der Waals surface area contributed by atoms with E-state index in [1.807, 2.05) is 26.1 Å². The molecule has 5 atom stereocenters. The average Bonchev–Trinajstić information content (AvgIpc) is 3.18. The topological polar surface area (TPSA) is 79.8 Å². The maximum Gasteiger partial charge on any atom is 0.251 e. The Labute approximate surface area is 227 Å². The molecule has 0 aromatic heterocycles. The van der Waals surface area contributed by atoms with Crippen LogP contribution in [0.5, 0.6) is 5.75 Å². The van der Waals surface area contributed by atoms with Crippen LogP contribution in [0.25, 0.3) is 5.57 Å². The van der Waals surface area contributed by atoms with Crippen molar-refractivity contribution in [2.75, 3.05) is 33.9 Å². The standard InChI is InChI=1S/C29H35ClF2N2O4/c1-17-21-20(38-29(17,16-33-4)27(2)10-7-6-8-11-27)15-19(31)24(30)23(21)22-18(26(36)34-5)9-12-28(3,25(22)32)37-14-13-35/h6-10,12,15,17,25,33,35H,11,13-14,16H2,1-5H3,(H,34,36)/t17-,25?,27?,28?,29-/m0/s1. The first-order valence-corrected chi connectivity index (χ1v) is 13.1. The first-order chi connectivity index (χ1) is 18.0. The second-order valence-electron chi connectivity index (χ2n) is 10.5. The Kier molecular flexibility index (Phi) is 7.92. The number of fused-ring (bicyclic) bond motifs is 1. The van der Waals surface area contributed by atoms with E-state index in [2.05, 4.69) is 29.7 Å². The van der Waals surface area contributed by atoms with Crippen LogP contribution < -0.4 is 15.4 Å². The number of nitrogens with one attached hydrogen (secondary N) is 2. The molecule has 3 N–H and O–H groups in total. The number of carbonyl (C=O) groups excluding carboxylic acids is 1. The first-order valence-electron chi connectivity index (χ1n) is 12.7. The van der Waals surface area contributed by atoms with Crippen molar-refractivity contribution in [2.45, 2.75) is 50.5 Å². The number of ether oxygens (including phenoxy) is 2. The molecule has 6 nitrogen and oxygen atoms in total. The fourth-order valence-corrected chi connectivity index (χ4v) is 6.30. The predicted molar refractivity (Wildman–Crippen MR) is 145 cm³/mol. The van der Waals surface area contributed by atoms with Crippen LogP contribution in [-0.2, 0) is 9.53 Å². The molecule has 0 saturated carbocycles. The highest BCUT2D eigenvalue weighted by Gasteiger charge is 2.58. The lowest BCUT2D eigenvalue weighted by molar-refractivity contribution is -0.116. The third-order valence-corrected chi connectivity index (χ3v) is 8.55. The maximum atomic E-state index is 16.6. The summed E-state index contributed by atoms with van der Waals surface area (Å²) in [6, 6.07) is 1.24. The molecule has 0 radical (unpaired) electrons. The fraction of sp³-hybridized carbons (Fsp3) is 0.483. The highest BCUT2D eigenvalue weighted by Crippen LogP contribution is 2.59. The van der Waals surface area contributed by atoms with Crippen LogP contribution in [0, 0.1) is 11.2 Å². The second kappa shape index (κ2) is 10.6. The van der Waals surface area contributed by atoms with E-state index < -0.39 is 34.5 Å². The second-order valence-corrected chi connectivity index (χ2v) is 10.8. The molecule has 206 valence electrons. The summed E-state index contributed by atoms with van der Waals surface area (Å²) < 4.78 is 44.4. The lowest BCUT2D eigenvalue weighted by atomic mass is 9.62. The summed E-state index contributed by atoms with van der Waals surface area (Å²) in [5, 5.41) is 14.8. The van der Waals surface area contributed by atoms with Crippen LogP contribution in [0.15, 0.2) is 48.1 Å². The van der Waals surface area contributed by atoms with Gasteiger partial charge >= 0.3 is 0 Å². The van der Waals surface area contributed by atoms with E-state index >= 15 is 8.78 Å². The number of rotatable bonds is 8. The number of halogens is 3. The summed E-state index contributed by atoms with van der Waals surface area (Å²) in [5.74, 6) is -1.43. The third-order valence-electron chi connectivity index (χ3n) is 8.18. The Bertz CT molecular complexity index is 1250. The van der Waals surface area contributed by atoms with Crippen LogP contribution in [0.4, 0.5) is 8.78 Å². The molecule has 9 heteroatoms. The van der Waals surface area contributed by atoms with Crippen molar-refractivity contribution in [1.29, 1.82) is 0 Å². The molecular formula is C29H35ClF2N2O4. The number of hydrogen-bond donors (Lipinski definition) is 3. The number of hydrogen-bond acceptors (Lipinski definition) is 5. The van der Waals surface area contributed by atoms with Crippen molar-refractivity contribution >= 4 is 23.1 Å². The predicted octanol–water partition coefficient (Wildman–Crippen LogP) is 4.63. The van der Waals surface area contributed by atoms with Gasteiger partial charge in [-0.3, -0.25) is 4.79 Å². The molecule has 0 bridgehead atoms. The van der Waals surface area contributed by atoms with Crippen molar-refractivity contribution in [2.24, 2.45) is 5.41 Å². The summed E-state index contributed by atoms with van der Waals surface area (Å²) >= 11 is 6.63. The number of alkyl halides is 1. The van der Waals surface area contributed by atoms with Gasteiger partial charge in [0.25, 0.3) is 5.91 Å². The van der Waals surface area contributed by atoms with Crippen molar-refractivity contribution in [1.82, 2.24) is 10.6 Å². The van der Waals surface area contributed by atoms with Crippen LogP contribution in [-0.4, -0.2) is 62.2 Å². The quantitative estimate of drug-likeness (QED) is 0.441. The maximum absolute atomic E-state index is 16.6. The van der Waals surface area contributed by atoms with Gasteiger partial charge in [0.2, 0.25) is 0 Å². The van der Waals surface area contributed by atoms with Gasteiger partial charge in [-0.15, -0.1) is 0 Å². The third kappa shape index (κ3) is 4.31. The fourth-order valence-electron chi connectivity index (χ4n) is 6.05. The van der Waals surface area contributed by atoms with E-state index in [4.69, 9.17) is 21.1 Å². The first kappa shape index (κ1) is 28.5. The summed E-state index contributed by atoms with van der Waals surface area (Å²) in [7, 11) is 3.26. The summed E-state index contributed by atoms with van der Waals surface area (Å²) in [6.07, 6.45) is 9.78. The van der Waals surface area contributed by atoms with Gasteiger partial charge in [0.1, 0.15) is 22.8 Å². The molecule has 1 heterocycles. The SMILES string of the molecule is CNC[C@]1(C2(C)C=CC=CC2)Oc2cc(F)c(Cl)c(C3=C(C(=O)NC)C=CC(C)(OCCO)C3F)c2[C@@H]1C. The molecule has 0 spiro atoms. The summed E-state index contributed by atoms with van der Waals surface area (Å²) in [5.41, 5.74) is -2.29. The molecule has 1 aliphatic heterocycles. The number of carbonyl (C=O) groups is 1. The summed E-state index contributed by atoms with van der Waals surface area (Å²) in [4.78, 5) is 13.0. The van der Waals surface area contributed by atoms with Gasteiger partial charge in [-0.25, -0.2) is 8.78 Å². The number of aliphatic hydroxyl groups excluding tert-OH is 1. The molecule has 4 rings (SSSR count). The zero-order valence-corrected chi connectivity index (χ0v) is 23.1. The Morgan fingerprint density at radius 3 is 2.63 bits per heavy atom. The van der Waals surface area contributed by atoms with Crippen LogP contribution >= 0.6 is 11.6 Å². The van der Waals surface area contributed by atoms with Crippen LogP contribution in [0.1, 0.15) is 44.2 Å². The van der Waals surface area contributed by atoms with E-state index in [9.17, 15) is 9.90 Å². The van der Waals surface area contributed by atoms with Gasteiger partial charge in [-0.1, -0.05) is 55.8 Å². The van der Waals surface area contributed by atoms with E-state index in [1.54, 1.807) is 0 Å². The monoisotopic (exact) mass is 548 g/mol. The number of aliphatic hydroxyl groups is 1. The molecule has 38 heavy (non-hydrogen) atoms. The average molecular weight is 549 g/mol. The molecular weight excluding hydrogens is 514 g/mol. The Hall–Kier alpha value is -2.52. The van der Waals surface area contributed by atoms with Gasteiger partial charge < -0.3 is 25.2 Å². The lowest BCUT2D eigenvalue weighted by Crippen LogP contribution is -2.57. The van der Waals surface area contributed by atoms with Crippen molar-refractivity contribution in [3.05, 3.63) is 70.1 Å². The highest BCUT2D eigenvalue weighted by atomic mass is 35.5. The largest absolute Gasteiger partial charge is 0.484 e. The Morgan fingerprint density at radius 2 is 2.03 bits per heavy atom. The number of likely N-dealkylation sites (N-methyl/N-ethyl adjacent to an activating group) is 2. The number of amides is 1. The highest BCUT2D eigenvalue weighted by molar-refractivity contribution is 6.33. The molecule has 0 fully saturated rings. The van der Waals surface area contributed by atoms with E-state index in [0.717, 1.165) is 0 Å². The molecule has 1 aromatic carbocycles. The van der Waals surface area contributed by atoms with Crippen molar-refractivity contribution < 1.29 is 28.2 Å². The molecule has 1 amide bonds. The van der Waals surface area contributed by atoms with Crippen molar-refractivity contribution in [3.8, 4) is 5.75 Å². The number of allylic oxidation sites excluding steroid dienone is 3. The zero-order valence-electron chi connectivity index (χ0n) is 22.3. The van der Waals surface area contributed by atoms with Crippen molar-refractivity contribution in [3.63, 3.8) is 0 Å². The van der Waals surface area contributed by atoms with E-state index in [-0.39, 0.29) is 46.6 Å². The minimum absolute atomic E-state index is 0.0183. The molecule has 3 aliphatic rings. The number of benzene rings is 1. The van der Waals surface area contributed by atoms with Gasteiger partial charge in [0.15, 0.2) is 6.17 Å². The molecule has 2 aliphatic carbocycles. The normalized spacial score (nSPS) is 31.9. The molecule has 0 saturated heterocycles.